The van der Waals surface area contributed by atoms with Gasteiger partial charge in [-0.25, -0.2) is 4.98 Å². The molecular weight excluding hydrogens is 246 g/mol. The Balaban J connectivity index is 1.86. The van der Waals surface area contributed by atoms with Crippen molar-refractivity contribution in [2.24, 2.45) is 0 Å². The van der Waals surface area contributed by atoms with E-state index in [2.05, 4.69) is 4.98 Å². The van der Waals surface area contributed by atoms with Gasteiger partial charge in [-0.3, -0.25) is 4.79 Å². The number of rotatable bonds is 5. The van der Waals surface area contributed by atoms with E-state index in [0.717, 1.165) is 17.2 Å². The third-order valence-corrected chi connectivity index (χ3v) is 3.40. The second kappa shape index (κ2) is 5.78. The average Bonchev–Trinajstić information content (AvgIpc) is 2.78. The molecule has 2 rings (SSSR count). The van der Waals surface area contributed by atoms with E-state index in [-0.39, 0.29) is 5.78 Å². The molecule has 0 radical (unpaired) electrons. The van der Waals surface area contributed by atoms with Gasteiger partial charge in [0.2, 0.25) is 0 Å². The van der Waals surface area contributed by atoms with E-state index in [1.165, 1.54) is 23.8 Å². The summed E-state index contributed by atoms with van der Waals surface area (Å²) in [6.07, 6.45) is 0.728. The molecule has 0 aliphatic carbocycles. The lowest BCUT2D eigenvalue weighted by molar-refractivity contribution is 0.101. The highest BCUT2D eigenvalue weighted by Gasteiger charge is 2.05. The van der Waals surface area contributed by atoms with Crippen LogP contribution >= 0.6 is 11.3 Å². The molecule has 0 bridgehead atoms. The molecule has 94 valence electrons. The van der Waals surface area contributed by atoms with Crippen LogP contribution in [0.15, 0.2) is 29.6 Å². The number of aromatic nitrogens is 1. The Morgan fingerprint density at radius 1 is 1.44 bits per heavy atom. The first-order valence-electron chi connectivity index (χ1n) is 5.80. The Labute approximate surface area is 110 Å². The second-order valence-electron chi connectivity index (χ2n) is 4.10. The van der Waals surface area contributed by atoms with E-state index >= 15 is 0 Å². The SMILES string of the molecule is CC(=O)c1csc(CCOc2cccc(C)c2)n1. The van der Waals surface area contributed by atoms with Gasteiger partial charge in [0, 0.05) is 18.7 Å². The number of Topliss-reactive ketones (excluding diaryl/α,β-unsaturated/α-hetero) is 1. The van der Waals surface area contributed by atoms with E-state index in [1.807, 2.05) is 31.2 Å². The number of thiazole rings is 1. The topological polar surface area (TPSA) is 39.2 Å². The number of carbonyl (C=O) groups excluding carboxylic acids is 1. The van der Waals surface area contributed by atoms with Gasteiger partial charge in [0.25, 0.3) is 0 Å². The molecule has 0 unspecified atom stereocenters. The monoisotopic (exact) mass is 261 g/mol. The van der Waals surface area contributed by atoms with Crippen LogP contribution in [0, 0.1) is 6.92 Å². The first kappa shape index (κ1) is 12.8. The summed E-state index contributed by atoms with van der Waals surface area (Å²) in [4.78, 5) is 15.4. The van der Waals surface area contributed by atoms with Crippen molar-refractivity contribution in [3.8, 4) is 5.75 Å². The molecule has 1 heterocycles. The van der Waals surface area contributed by atoms with Crippen LogP contribution in [0.1, 0.15) is 28.0 Å². The Bertz CT molecular complexity index is 548. The Kier molecular flexibility index (Phi) is 4.10. The number of nitrogens with zero attached hydrogens (tertiary/aromatic N) is 1. The van der Waals surface area contributed by atoms with Crippen LogP contribution in [-0.2, 0) is 6.42 Å². The Morgan fingerprint density at radius 3 is 2.94 bits per heavy atom. The number of hydrogen-bond acceptors (Lipinski definition) is 4. The smallest absolute Gasteiger partial charge is 0.178 e. The number of ether oxygens (including phenoxy) is 1. The molecule has 18 heavy (non-hydrogen) atoms. The Hall–Kier alpha value is -1.68. The molecule has 0 spiro atoms. The maximum Gasteiger partial charge on any atom is 0.178 e. The fraction of sp³-hybridized carbons (Fsp3) is 0.286. The van der Waals surface area contributed by atoms with E-state index < -0.39 is 0 Å². The van der Waals surface area contributed by atoms with Crippen molar-refractivity contribution in [2.75, 3.05) is 6.61 Å². The van der Waals surface area contributed by atoms with Crippen molar-refractivity contribution in [1.29, 1.82) is 0 Å². The molecule has 4 heteroatoms. The fourth-order valence-electron chi connectivity index (χ4n) is 1.55. The summed E-state index contributed by atoms with van der Waals surface area (Å²) < 4.78 is 5.64. The highest BCUT2D eigenvalue weighted by atomic mass is 32.1. The van der Waals surface area contributed by atoms with Gasteiger partial charge in [0.05, 0.1) is 11.6 Å². The summed E-state index contributed by atoms with van der Waals surface area (Å²) in [7, 11) is 0. The quantitative estimate of drug-likeness (QED) is 0.775. The van der Waals surface area contributed by atoms with Gasteiger partial charge in [-0.15, -0.1) is 11.3 Å². The van der Waals surface area contributed by atoms with Crippen LogP contribution in [0.25, 0.3) is 0 Å². The van der Waals surface area contributed by atoms with Gasteiger partial charge in [-0.05, 0) is 24.6 Å². The van der Waals surface area contributed by atoms with E-state index in [9.17, 15) is 4.79 Å². The van der Waals surface area contributed by atoms with E-state index in [1.54, 1.807) is 5.38 Å². The molecule has 0 N–H and O–H groups in total. The first-order chi connectivity index (χ1) is 8.65. The summed E-state index contributed by atoms with van der Waals surface area (Å²) in [5.74, 6) is 0.885. The number of ketones is 1. The van der Waals surface area contributed by atoms with Crippen LogP contribution in [0.3, 0.4) is 0 Å². The van der Waals surface area contributed by atoms with Crippen molar-refractivity contribution in [2.45, 2.75) is 20.3 Å². The molecule has 1 aromatic carbocycles. The highest BCUT2D eigenvalue weighted by molar-refractivity contribution is 7.09. The molecule has 0 aliphatic heterocycles. The molecule has 0 saturated carbocycles. The zero-order valence-corrected chi connectivity index (χ0v) is 11.3. The van der Waals surface area contributed by atoms with Crippen molar-refractivity contribution in [3.63, 3.8) is 0 Å². The summed E-state index contributed by atoms with van der Waals surface area (Å²) in [5, 5.41) is 2.73. The van der Waals surface area contributed by atoms with Crippen LogP contribution < -0.4 is 4.74 Å². The number of hydrogen-bond donors (Lipinski definition) is 0. The first-order valence-corrected chi connectivity index (χ1v) is 6.68. The van der Waals surface area contributed by atoms with Gasteiger partial charge in [0.1, 0.15) is 11.4 Å². The normalized spacial score (nSPS) is 10.3. The third-order valence-electron chi connectivity index (χ3n) is 2.49. The van der Waals surface area contributed by atoms with Crippen LogP contribution in [0.2, 0.25) is 0 Å². The largest absolute Gasteiger partial charge is 0.493 e. The predicted octanol–water partition coefficient (Wildman–Crippen LogP) is 3.28. The lowest BCUT2D eigenvalue weighted by Gasteiger charge is -2.05. The summed E-state index contributed by atoms with van der Waals surface area (Å²) in [5.41, 5.74) is 1.73. The van der Waals surface area contributed by atoms with Crippen molar-refractivity contribution >= 4 is 17.1 Å². The van der Waals surface area contributed by atoms with Gasteiger partial charge >= 0.3 is 0 Å². The summed E-state index contributed by atoms with van der Waals surface area (Å²) in [6.45, 7) is 4.14. The molecule has 0 amide bonds. The molecule has 0 atom stereocenters. The number of carbonyl (C=O) groups is 1. The fourth-order valence-corrected chi connectivity index (χ4v) is 2.37. The van der Waals surface area contributed by atoms with Gasteiger partial charge in [0.15, 0.2) is 5.78 Å². The van der Waals surface area contributed by atoms with Crippen molar-refractivity contribution < 1.29 is 9.53 Å². The van der Waals surface area contributed by atoms with Crippen molar-refractivity contribution in [3.05, 3.63) is 45.9 Å². The standard InChI is InChI=1S/C14H15NO2S/c1-10-4-3-5-12(8-10)17-7-6-14-15-13(9-18-14)11(2)16/h3-5,8-9H,6-7H2,1-2H3. The average molecular weight is 261 g/mol. The minimum absolute atomic E-state index is 0.0112. The lowest BCUT2D eigenvalue weighted by atomic mass is 10.2. The van der Waals surface area contributed by atoms with E-state index in [0.29, 0.717) is 12.3 Å². The predicted molar refractivity (Wildman–Crippen MR) is 72.5 cm³/mol. The minimum Gasteiger partial charge on any atom is -0.493 e. The molecule has 0 fully saturated rings. The molecule has 1 aromatic heterocycles. The molecule has 0 saturated heterocycles. The summed E-state index contributed by atoms with van der Waals surface area (Å²) in [6, 6.07) is 7.95. The Morgan fingerprint density at radius 2 is 2.28 bits per heavy atom. The third kappa shape index (κ3) is 3.40. The maximum absolute atomic E-state index is 11.1. The van der Waals surface area contributed by atoms with Crippen LogP contribution in [-0.4, -0.2) is 17.4 Å². The summed E-state index contributed by atoms with van der Waals surface area (Å²) >= 11 is 1.50. The molecule has 2 aromatic rings. The van der Waals surface area contributed by atoms with Gasteiger partial charge < -0.3 is 4.74 Å². The molecule has 3 nitrogen and oxygen atoms in total. The minimum atomic E-state index is 0.0112. The number of aryl methyl sites for hydroxylation is 1. The van der Waals surface area contributed by atoms with Crippen LogP contribution in [0.5, 0.6) is 5.75 Å². The highest BCUT2D eigenvalue weighted by Crippen LogP contribution is 2.14. The lowest BCUT2D eigenvalue weighted by Crippen LogP contribution is -2.02. The molecule has 0 aliphatic rings. The van der Waals surface area contributed by atoms with Gasteiger partial charge in [-0.1, -0.05) is 12.1 Å². The van der Waals surface area contributed by atoms with E-state index in [4.69, 9.17) is 4.74 Å². The zero-order valence-electron chi connectivity index (χ0n) is 10.5. The maximum atomic E-state index is 11.1. The second-order valence-corrected chi connectivity index (χ2v) is 5.04. The van der Waals surface area contributed by atoms with Crippen molar-refractivity contribution in [1.82, 2.24) is 4.98 Å². The van der Waals surface area contributed by atoms with Gasteiger partial charge in [-0.2, -0.15) is 0 Å². The molecular formula is C14H15NO2S. The zero-order chi connectivity index (χ0) is 13.0. The van der Waals surface area contributed by atoms with Crippen LogP contribution in [0.4, 0.5) is 0 Å². The number of benzene rings is 1.